The zero-order valence-electron chi connectivity index (χ0n) is 15.7. The number of nitrogens with two attached hydrogens (primary N) is 1. The van der Waals surface area contributed by atoms with Crippen molar-refractivity contribution in [3.63, 3.8) is 0 Å². The Balaban J connectivity index is 1.73. The third-order valence-electron chi connectivity index (χ3n) is 4.18. The first-order valence-electron chi connectivity index (χ1n) is 8.31. The van der Waals surface area contributed by atoms with E-state index in [9.17, 15) is 24.3 Å². The molecule has 0 unspecified atom stereocenters. The van der Waals surface area contributed by atoms with E-state index in [1.807, 2.05) is 0 Å². The maximum absolute atomic E-state index is 12.9. The van der Waals surface area contributed by atoms with Gasteiger partial charge in [-0.05, 0) is 6.92 Å². The van der Waals surface area contributed by atoms with Gasteiger partial charge < -0.3 is 25.6 Å². The SMILES string of the molecule is CO[C@@]1(NC(=O)CSc2nnc(C)s2)C(=O)N2C(C(=O)O)=C(COC(N)=O)CS[C@@H]21. The second-order valence-electron chi connectivity index (χ2n) is 6.07. The van der Waals surface area contributed by atoms with E-state index in [1.165, 1.54) is 30.2 Å². The quantitative estimate of drug-likeness (QED) is 0.257. The molecule has 1 saturated heterocycles. The minimum absolute atomic E-state index is 0.0241. The van der Waals surface area contributed by atoms with E-state index >= 15 is 0 Å². The van der Waals surface area contributed by atoms with Gasteiger partial charge in [0.05, 0.1) is 5.75 Å². The standard InChI is InChI=1S/C15H17N5O7S3/c1-6-18-19-14(30-6)29-5-8(21)17-15(26-2)11(24)20-9(10(22)23)7(3-27-13(16)25)4-28-12(15)20/h12H,3-5H2,1-2H3,(H2,16,25)(H,17,21)(H,22,23)/t12-,15+/m1/s1. The number of β-lactam (4-membered cyclic amide) rings is 1. The van der Waals surface area contributed by atoms with E-state index in [0.29, 0.717) is 4.34 Å². The number of fused-ring (bicyclic) bond motifs is 1. The smallest absolute Gasteiger partial charge is 0.404 e. The second-order valence-corrected chi connectivity index (χ2v) is 9.54. The van der Waals surface area contributed by atoms with Crippen LogP contribution in [0, 0.1) is 6.92 Å². The minimum Gasteiger partial charge on any atom is -0.477 e. The first kappa shape index (κ1) is 22.3. The maximum Gasteiger partial charge on any atom is 0.404 e. The molecule has 0 bridgehead atoms. The molecule has 3 heterocycles. The van der Waals surface area contributed by atoms with E-state index in [4.69, 9.17) is 10.5 Å². The third kappa shape index (κ3) is 4.10. The number of hydrogen-bond acceptors (Lipinski definition) is 11. The van der Waals surface area contributed by atoms with Crippen LogP contribution in [0.3, 0.4) is 0 Å². The Kier molecular flexibility index (Phi) is 6.54. The highest BCUT2D eigenvalue weighted by Crippen LogP contribution is 2.46. The van der Waals surface area contributed by atoms with Crippen molar-refractivity contribution < 1.29 is 33.8 Å². The van der Waals surface area contributed by atoms with Crippen LogP contribution in [-0.2, 0) is 23.9 Å². The highest BCUT2D eigenvalue weighted by atomic mass is 32.2. The van der Waals surface area contributed by atoms with Crippen LogP contribution in [0.4, 0.5) is 4.79 Å². The Morgan fingerprint density at radius 3 is 2.73 bits per heavy atom. The molecule has 162 valence electrons. The summed E-state index contributed by atoms with van der Waals surface area (Å²) in [5.74, 6) is -2.46. The van der Waals surface area contributed by atoms with E-state index in [2.05, 4.69) is 20.3 Å². The Labute approximate surface area is 182 Å². The number of aryl methyl sites for hydroxylation is 1. The molecule has 0 spiro atoms. The predicted molar refractivity (Wildman–Crippen MR) is 107 cm³/mol. The van der Waals surface area contributed by atoms with Gasteiger partial charge in [0.15, 0.2) is 4.34 Å². The molecule has 2 aliphatic rings. The van der Waals surface area contributed by atoms with E-state index in [0.717, 1.165) is 21.7 Å². The molecule has 3 amide bonds. The fourth-order valence-corrected chi connectivity index (χ4v) is 5.96. The van der Waals surface area contributed by atoms with Crippen LogP contribution in [0.5, 0.6) is 0 Å². The highest BCUT2D eigenvalue weighted by molar-refractivity contribution is 8.01. The van der Waals surface area contributed by atoms with Crippen LogP contribution in [-0.4, -0.2) is 80.4 Å². The zero-order valence-corrected chi connectivity index (χ0v) is 18.2. The molecule has 0 saturated carbocycles. The molecule has 3 rings (SSSR count). The topological polar surface area (TPSA) is 174 Å². The second kappa shape index (κ2) is 8.79. The van der Waals surface area contributed by atoms with Gasteiger partial charge in [0, 0.05) is 18.4 Å². The van der Waals surface area contributed by atoms with Gasteiger partial charge >= 0.3 is 12.1 Å². The fraction of sp³-hybridized carbons (Fsp3) is 0.467. The lowest BCUT2D eigenvalue weighted by molar-refractivity contribution is -0.192. The molecule has 15 heteroatoms. The van der Waals surface area contributed by atoms with Crippen LogP contribution in [0.1, 0.15) is 5.01 Å². The maximum atomic E-state index is 12.9. The van der Waals surface area contributed by atoms with Gasteiger partial charge in [-0.3, -0.25) is 14.5 Å². The number of carboxylic acid groups (broad SMARTS) is 1. The molecular formula is C15H17N5O7S3. The number of nitrogens with one attached hydrogen (secondary N) is 1. The van der Waals surface area contributed by atoms with Crippen molar-refractivity contribution in [2.75, 3.05) is 25.2 Å². The number of ether oxygens (including phenoxy) is 2. The summed E-state index contributed by atoms with van der Waals surface area (Å²) in [6.07, 6.45) is -1.06. The van der Waals surface area contributed by atoms with Crippen LogP contribution < -0.4 is 11.1 Å². The molecule has 30 heavy (non-hydrogen) atoms. The van der Waals surface area contributed by atoms with Gasteiger partial charge in [0.25, 0.3) is 11.6 Å². The number of methoxy groups -OCH3 is 1. The lowest BCUT2D eigenvalue weighted by atomic mass is 9.98. The Morgan fingerprint density at radius 1 is 1.43 bits per heavy atom. The van der Waals surface area contributed by atoms with Crippen molar-refractivity contribution in [2.24, 2.45) is 5.73 Å². The molecule has 1 fully saturated rings. The molecule has 0 radical (unpaired) electrons. The van der Waals surface area contributed by atoms with Gasteiger partial charge in [-0.15, -0.1) is 22.0 Å². The average Bonchev–Trinajstić information content (AvgIpc) is 3.12. The predicted octanol–water partition coefficient (Wildman–Crippen LogP) is -0.253. The number of rotatable bonds is 8. The van der Waals surface area contributed by atoms with E-state index in [1.54, 1.807) is 6.92 Å². The van der Waals surface area contributed by atoms with Gasteiger partial charge in [-0.25, -0.2) is 9.59 Å². The molecule has 12 nitrogen and oxygen atoms in total. The minimum atomic E-state index is -1.70. The van der Waals surface area contributed by atoms with E-state index < -0.39 is 35.0 Å². The lowest BCUT2D eigenvalue weighted by Gasteiger charge is -2.55. The molecule has 0 aliphatic carbocycles. The molecule has 2 aliphatic heterocycles. The van der Waals surface area contributed by atoms with Crippen LogP contribution in [0.2, 0.25) is 0 Å². The number of thioether (sulfide) groups is 2. The highest BCUT2D eigenvalue weighted by Gasteiger charge is 2.66. The third-order valence-corrected chi connectivity index (χ3v) is 7.53. The summed E-state index contributed by atoms with van der Waals surface area (Å²) in [6, 6.07) is 0. The number of nitrogens with zero attached hydrogens (tertiary/aromatic N) is 3. The summed E-state index contributed by atoms with van der Waals surface area (Å²) >= 11 is 3.67. The molecular weight excluding hydrogens is 458 g/mol. The van der Waals surface area contributed by atoms with Gasteiger partial charge in [0.1, 0.15) is 22.7 Å². The number of carboxylic acids is 1. The monoisotopic (exact) mass is 475 g/mol. The fourth-order valence-electron chi connectivity index (χ4n) is 2.92. The Morgan fingerprint density at radius 2 is 2.17 bits per heavy atom. The first-order chi connectivity index (χ1) is 14.2. The summed E-state index contributed by atoms with van der Waals surface area (Å²) in [5, 5.41) is 19.9. The van der Waals surface area contributed by atoms with Crippen LogP contribution in [0.15, 0.2) is 15.6 Å². The normalized spacial score (nSPS) is 22.9. The molecule has 0 aromatic carbocycles. The molecule has 4 N–H and O–H groups in total. The van der Waals surface area contributed by atoms with Gasteiger partial charge in [-0.1, -0.05) is 23.1 Å². The van der Waals surface area contributed by atoms with Crippen LogP contribution >= 0.6 is 34.9 Å². The molecule has 2 atom stereocenters. The van der Waals surface area contributed by atoms with Crippen molar-refractivity contribution in [1.82, 2.24) is 20.4 Å². The van der Waals surface area contributed by atoms with Gasteiger partial charge in [-0.2, -0.15) is 0 Å². The Hall–Kier alpha value is -2.36. The van der Waals surface area contributed by atoms with Crippen molar-refractivity contribution in [2.45, 2.75) is 22.4 Å². The average molecular weight is 476 g/mol. The first-order valence-corrected chi connectivity index (χ1v) is 11.2. The number of aliphatic carboxylic acids is 1. The van der Waals surface area contributed by atoms with Gasteiger partial charge in [0.2, 0.25) is 5.91 Å². The van der Waals surface area contributed by atoms with Crippen molar-refractivity contribution in [1.29, 1.82) is 0 Å². The number of carbonyl (C=O) groups excluding carboxylic acids is 3. The van der Waals surface area contributed by atoms with Crippen molar-refractivity contribution >= 4 is 58.7 Å². The van der Waals surface area contributed by atoms with Crippen molar-refractivity contribution in [3.8, 4) is 0 Å². The largest absolute Gasteiger partial charge is 0.477 e. The Bertz CT molecular complexity index is 935. The van der Waals surface area contributed by atoms with Crippen LogP contribution in [0.25, 0.3) is 0 Å². The van der Waals surface area contributed by atoms with E-state index in [-0.39, 0.29) is 29.4 Å². The molecule has 1 aromatic heterocycles. The lowest BCUT2D eigenvalue weighted by Crippen LogP contribution is -2.80. The molecule has 1 aromatic rings. The number of carbonyl (C=O) groups is 4. The summed E-state index contributed by atoms with van der Waals surface area (Å²) < 4.78 is 10.6. The summed E-state index contributed by atoms with van der Waals surface area (Å²) in [4.78, 5) is 48.9. The number of amides is 3. The summed E-state index contributed by atoms with van der Waals surface area (Å²) in [7, 11) is 1.26. The summed E-state index contributed by atoms with van der Waals surface area (Å²) in [6.45, 7) is 1.44. The number of hydrogen-bond donors (Lipinski definition) is 3. The van der Waals surface area contributed by atoms with Crippen molar-refractivity contribution in [3.05, 3.63) is 16.3 Å². The number of primary amides is 1. The zero-order chi connectivity index (χ0) is 22.1. The summed E-state index contributed by atoms with van der Waals surface area (Å²) in [5.41, 5.74) is 3.13. The number of aromatic nitrogens is 2.